The number of ketones is 1. The van der Waals surface area contributed by atoms with Crippen LogP contribution in [0, 0.1) is 10.1 Å². The fourth-order valence-corrected chi connectivity index (χ4v) is 2.37. The predicted octanol–water partition coefficient (Wildman–Crippen LogP) is 4.13. The lowest BCUT2D eigenvalue weighted by Crippen LogP contribution is -2.03. The molecule has 9 heteroatoms. The molecule has 0 unspecified atom stereocenters. The molecule has 0 atom stereocenters. The van der Waals surface area contributed by atoms with Gasteiger partial charge in [0.15, 0.2) is 5.78 Å². The van der Waals surface area contributed by atoms with E-state index in [2.05, 4.69) is 15.3 Å². The molecule has 1 heterocycles. The number of benzene rings is 2. The van der Waals surface area contributed by atoms with Crippen molar-refractivity contribution in [2.45, 2.75) is 6.92 Å². The normalized spacial score (nSPS) is 10.2. The second-order valence-electron chi connectivity index (χ2n) is 5.67. The quantitative estimate of drug-likeness (QED) is 0.369. The van der Waals surface area contributed by atoms with Crippen LogP contribution in [-0.2, 0) is 0 Å². The number of hydrogen-bond acceptors (Lipinski definition) is 8. The van der Waals surface area contributed by atoms with Gasteiger partial charge in [-0.1, -0.05) is 0 Å². The molecule has 0 amide bonds. The average Bonchev–Trinajstić information content (AvgIpc) is 2.69. The van der Waals surface area contributed by atoms with Crippen LogP contribution >= 0.6 is 0 Å². The van der Waals surface area contributed by atoms with E-state index in [0.29, 0.717) is 22.7 Å². The molecule has 142 valence electrons. The number of Topliss-reactive ketones (excluding diaryl/α,β-unsaturated/α-hetero) is 1. The van der Waals surface area contributed by atoms with Gasteiger partial charge >= 0.3 is 11.6 Å². The Morgan fingerprint density at radius 1 is 1.04 bits per heavy atom. The second-order valence-corrected chi connectivity index (χ2v) is 5.67. The van der Waals surface area contributed by atoms with E-state index < -0.39 is 10.6 Å². The van der Waals surface area contributed by atoms with Gasteiger partial charge < -0.3 is 14.8 Å². The van der Waals surface area contributed by atoms with Crippen molar-refractivity contribution in [1.29, 1.82) is 0 Å². The van der Waals surface area contributed by atoms with Crippen LogP contribution in [0.3, 0.4) is 0 Å². The molecular weight excluding hydrogens is 364 g/mol. The van der Waals surface area contributed by atoms with E-state index in [1.165, 1.54) is 14.0 Å². The van der Waals surface area contributed by atoms with Crippen molar-refractivity contribution in [1.82, 2.24) is 9.97 Å². The summed E-state index contributed by atoms with van der Waals surface area (Å²) in [5.41, 5.74) is 0.655. The summed E-state index contributed by atoms with van der Waals surface area (Å²) in [6, 6.07) is 13.0. The van der Waals surface area contributed by atoms with Crippen molar-refractivity contribution in [2.75, 3.05) is 12.4 Å². The van der Waals surface area contributed by atoms with Crippen molar-refractivity contribution in [2.24, 2.45) is 0 Å². The molecule has 9 nitrogen and oxygen atoms in total. The zero-order valence-corrected chi connectivity index (χ0v) is 15.1. The highest BCUT2D eigenvalue weighted by atomic mass is 16.6. The zero-order chi connectivity index (χ0) is 20.1. The molecule has 3 aromatic rings. The lowest BCUT2D eigenvalue weighted by molar-refractivity contribution is -0.385. The van der Waals surface area contributed by atoms with Gasteiger partial charge in [-0.3, -0.25) is 14.9 Å². The fraction of sp³-hybridized carbons (Fsp3) is 0.105. The summed E-state index contributed by atoms with van der Waals surface area (Å²) in [6.07, 6.45) is 1.16. The standard InChI is InChI=1S/C19H16N4O5/c1-12(24)13-3-5-14(6-4-13)22-18-17(23(25)26)19(21-11-20-18)28-16-9-7-15(27-2)8-10-16/h3-11H,1-2H3,(H,20,21,22). The van der Waals surface area contributed by atoms with Gasteiger partial charge in [-0.25, -0.2) is 4.98 Å². The van der Waals surface area contributed by atoms with Crippen molar-refractivity contribution in [3.05, 3.63) is 70.5 Å². The highest BCUT2D eigenvalue weighted by molar-refractivity contribution is 5.94. The molecule has 0 radical (unpaired) electrons. The molecule has 1 N–H and O–H groups in total. The van der Waals surface area contributed by atoms with Crippen molar-refractivity contribution < 1.29 is 19.2 Å². The summed E-state index contributed by atoms with van der Waals surface area (Å²) in [5, 5.41) is 14.5. The largest absolute Gasteiger partial charge is 0.497 e. The molecule has 3 rings (SSSR count). The Bertz CT molecular complexity index is 1000. The summed E-state index contributed by atoms with van der Waals surface area (Å²) >= 11 is 0. The van der Waals surface area contributed by atoms with Gasteiger partial charge in [0.05, 0.1) is 12.0 Å². The first kappa shape index (κ1) is 18.8. The highest BCUT2D eigenvalue weighted by Gasteiger charge is 2.25. The van der Waals surface area contributed by atoms with Crippen molar-refractivity contribution >= 4 is 23.0 Å². The number of nitro groups is 1. The Hall–Kier alpha value is -4.01. The average molecular weight is 380 g/mol. The molecule has 1 aromatic heterocycles. The maximum atomic E-state index is 11.6. The maximum Gasteiger partial charge on any atom is 0.373 e. The number of anilines is 2. The molecule has 0 spiro atoms. The summed E-state index contributed by atoms with van der Waals surface area (Å²) in [6.45, 7) is 1.46. The molecule has 0 fully saturated rings. The summed E-state index contributed by atoms with van der Waals surface area (Å²) in [7, 11) is 1.53. The molecule has 0 saturated carbocycles. The molecule has 2 aromatic carbocycles. The van der Waals surface area contributed by atoms with E-state index in [9.17, 15) is 14.9 Å². The van der Waals surface area contributed by atoms with Crippen LogP contribution in [-0.4, -0.2) is 27.8 Å². The molecule has 0 aliphatic heterocycles. The number of carbonyl (C=O) groups excluding carboxylic acids is 1. The van der Waals surface area contributed by atoms with E-state index in [-0.39, 0.29) is 17.5 Å². The smallest absolute Gasteiger partial charge is 0.373 e. The van der Waals surface area contributed by atoms with Crippen LogP contribution in [0.25, 0.3) is 0 Å². The van der Waals surface area contributed by atoms with Gasteiger partial charge in [0, 0.05) is 11.3 Å². The monoisotopic (exact) mass is 380 g/mol. The van der Waals surface area contributed by atoms with Crippen molar-refractivity contribution in [3.63, 3.8) is 0 Å². The Kier molecular flexibility index (Phi) is 5.45. The first-order chi connectivity index (χ1) is 13.5. The highest BCUT2D eigenvalue weighted by Crippen LogP contribution is 2.35. The third-order valence-electron chi connectivity index (χ3n) is 3.80. The third-order valence-corrected chi connectivity index (χ3v) is 3.80. The van der Waals surface area contributed by atoms with Gasteiger partial charge in [-0.05, 0) is 55.5 Å². The molecule has 0 saturated heterocycles. The third kappa shape index (κ3) is 4.21. The molecule has 28 heavy (non-hydrogen) atoms. The number of methoxy groups -OCH3 is 1. The van der Waals surface area contributed by atoms with Gasteiger partial charge in [-0.2, -0.15) is 4.98 Å². The van der Waals surface area contributed by atoms with Crippen LogP contribution in [0.2, 0.25) is 0 Å². The molecule has 0 aliphatic rings. The van der Waals surface area contributed by atoms with Gasteiger partial charge in [0.2, 0.25) is 5.82 Å². The topological polar surface area (TPSA) is 116 Å². The maximum absolute atomic E-state index is 11.6. The second kappa shape index (κ2) is 8.12. The Morgan fingerprint density at radius 3 is 2.25 bits per heavy atom. The van der Waals surface area contributed by atoms with Gasteiger partial charge in [0.1, 0.15) is 17.8 Å². The lowest BCUT2D eigenvalue weighted by Gasteiger charge is -2.10. The van der Waals surface area contributed by atoms with E-state index >= 15 is 0 Å². The molecule has 0 aliphatic carbocycles. The summed E-state index contributed by atoms with van der Waals surface area (Å²) < 4.78 is 10.6. The predicted molar refractivity (Wildman–Crippen MR) is 101 cm³/mol. The minimum absolute atomic E-state index is 0.0286. The Morgan fingerprint density at radius 2 is 1.68 bits per heavy atom. The number of hydrogen-bond donors (Lipinski definition) is 1. The number of nitrogens with one attached hydrogen (secondary N) is 1. The fourth-order valence-electron chi connectivity index (χ4n) is 2.37. The van der Waals surface area contributed by atoms with Crippen LogP contribution < -0.4 is 14.8 Å². The van der Waals surface area contributed by atoms with E-state index in [0.717, 1.165) is 6.33 Å². The Balaban J connectivity index is 1.90. The van der Waals surface area contributed by atoms with E-state index in [1.807, 2.05) is 0 Å². The number of carbonyl (C=O) groups is 1. The molecular formula is C19H16N4O5. The van der Waals surface area contributed by atoms with Crippen molar-refractivity contribution in [3.8, 4) is 17.4 Å². The lowest BCUT2D eigenvalue weighted by atomic mass is 10.1. The minimum atomic E-state index is -0.620. The number of rotatable bonds is 7. The number of aromatic nitrogens is 2. The first-order valence-corrected chi connectivity index (χ1v) is 8.17. The van der Waals surface area contributed by atoms with Gasteiger partial charge in [-0.15, -0.1) is 0 Å². The van der Waals surface area contributed by atoms with Gasteiger partial charge in [0.25, 0.3) is 0 Å². The minimum Gasteiger partial charge on any atom is -0.497 e. The first-order valence-electron chi connectivity index (χ1n) is 8.17. The zero-order valence-electron chi connectivity index (χ0n) is 15.1. The Labute approximate surface area is 160 Å². The van der Waals surface area contributed by atoms with E-state index in [4.69, 9.17) is 9.47 Å². The molecule has 0 bridgehead atoms. The van der Waals surface area contributed by atoms with Crippen LogP contribution in [0.1, 0.15) is 17.3 Å². The van der Waals surface area contributed by atoms with Crippen LogP contribution in [0.5, 0.6) is 17.4 Å². The number of nitrogens with zero attached hydrogens (tertiary/aromatic N) is 3. The van der Waals surface area contributed by atoms with Crippen LogP contribution in [0.4, 0.5) is 17.2 Å². The SMILES string of the molecule is COc1ccc(Oc2ncnc(Nc3ccc(C(C)=O)cc3)c2[N+](=O)[O-])cc1. The summed E-state index contributed by atoms with van der Waals surface area (Å²) in [5.74, 6) is 0.683. The van der Waals surface area contributed by atoms with E-state index in [1.54, 1.807) is 48.5 Å². The summed E-state index contributed by atoms with van der Waals surface area (Å²) in [4.78, 5) is 30.2. The number of ether oxygens (including phenoxy) is 2. The van der Waals surface area contributed by atoms with Crippen LogP contribution in [0.15, 0.2) is 54.9 Å².